The number of likely N-dealkylation sites (tertiary alicyclic amines) is 1. The van der Waals surface area contributed by atoms with E-state index in [1.807, 2.05) is 0 Å². The quantitative estimate of drug-likeness (QED) is 0.899. The van der Waals surface area contributed by atoms with Crippen LogP contribution in [-0.2, 0) is 21.4 Å². The third-order valence-electron chi connectivity index (χ3n) is 3.04. The number of nitrogens with two attached hydrogens (primary N) is 1. The Morgan fingerprint density at radius 2 is 2.16 bits per heavy atom. The number of amides is 1. The molecule has 1 aromatic rings. The van der Waals surface area contributed by atoms with Crippen LogP contribution in [0.2, 0.25) is 5.02 Å². The minimum absolute atomic E-state index is 0.00447. The fourth-order valence-corrected chi connectivity index (χ4v) is 2.93. The summed E-state index contributed by atoms with van der Waals surface area (Å²) in [5.74, 6) is -0.909. The van der Waals surface area contributed by atoms with Crippen LogP contribution >= 0.6 is 11.6 Å². The highest BCUT2D eigenvalue weighted by Gasteiger charge is 2.36. The second-order valence-electron chi connectivity index (χ2n) is 4.40. The molecule has 0 aromatic heterocycles. The number of sulfonamides is 1. The van der Waals surface area contributed by atoms with E-state index in [1.54, 1.807) is 6.07 Å². The Balaban J connectivity index is 2.17. The molecule has 1 heterocycles. The van der Waals surface area contributed by atoms with E-state index in [4.69, 9.17) is 16.7 Å². The van der Waals surface area contributed by atoms with E-state index < -0.39 is 21.1 Å². The van der Waals surface area contributed by atoms with Crippen molar-refractivity contribution in [2.75, 3.05) is 6.54 Å². The Bertz CT molecular complexity index is 620. The van der Waals surface area contributed by atoms with Gasteiger partial charge >= 0.3 is 0 Å². The van der Waals surface area contributed by atoms with Crippen molar-refractivity contribution in [3.8, 4) is 0 Å². The number of carbonyl (C=O) groups excluding carboxylic acids is 1. The average Bonchev–Trinajstić information content (AvgIpc) is 2.67. The molecule has 5 nitrogen and oxygen atoms in total. The van der Waals surface area contributed by atoms with Crippen LogP contribution in [0.15, 0.2) is 18.2 Å². The van der Waals surface area contributed by atoms with Gasteiger partial charge in [0, 0.05) is 19.5 Å². The third-order valence-corrected chi connectivity index (χ3v) is 4.70. The largest absolute Gasteiger partial charge is 0.337 e. The highest BCUT2D eigenvalue weighted by molar-refractivity contribution is 7.89. The van der Waals surface area contributed by atoms with Crippen molar-refractivity contribution in [2.24, 2.45) is 5.14 Å². The zero-order valence-corrected chi connectivity index (χ0v) is 11.4. The summed E-state index contributed by atoms with van der Waals surface area (Å²) >= 11 is 5.79. The Labute approximate surface area is 115 Å². The predicted molar refractivity (Wildman–Crippen MR) is 68.3 cm³/mol. The smallest absolute Gasteiger partial charge is 0.224 e. The average molecular weight is 307 g/mol. The van der Waals surface area contributed by atoms with Gasteiger partial charge in [-0.2, -0.15) is 0 Å². The summed E-state index contributed by atoms with van der Waals surface area (Å²) in [6.45, 7) is 0.0754. The second kappa shape index (κ2) is 5.07. The maximum Gasteiger partial charge on any atom is 0.224 e. The normalized spacial score (nSPS) is 20.1. The zero-order valence-electron chi connectivity index (χ0n) is 9.84. The van der Waals surface area contributed by atoms with Crippen molar-refractivity contribution in [1.29, 1.82) is 0 Å². The molecule has 1 aliphatic rings. The molecule has 104 valence electrons. The molecule has 1 saturated heterocycles. The number of carbonyl (C=O) groups is 1. The summed E-state index contributed by atoms with van der Waals surface area (Å²) in [7, 11) is -3.75. The topological polar surface area (TPSA) is 80.5 Å². The van der Waals surface area contributed by atoms with Crippen LogP contribution in [0.3, 0.4) is 0 Å². The molecule has 2 rings (SSSR count). The molecule has 0 spiro atoms. The first-order chi connectivity index (χ1) is 8.79. The summed E-state index contributed by atoms with van der Waals surface area (Å²) in [5, 5.41) is 4.05. The van der Waals surface area contributed by atoms with Crippen LogP contribution in [-0.4, -0.2) is 31.0 Å². The fraction of sp³-hybridized carbons (Fsp3) is 0.364. The molecule has 0 bridgehead atoms. The molecule has 0 radical (unpaired) electrons. The Morgan fingerprint density at radius 3 is 2.74 bits per heavy atom. The Hall–Kier alpha value is -1.18. The first-order valence-corrected chi connectivity index (χ1v) is 7.50. The minimum Gasteiger partial charge on any atom is -0.337 e. The van der Waals surface area contributed by atoms with Crippen LogP contribution in [0.1, 0.15) is 12.0 Å². The molecule has 1 aromatic carbocycles. The molecular weight excluding hydrogens is 295 g/mol. The zero-order chi connectivity index (χ0) is 14.2. The van der Waals surface area contributed by atoms with Crippen molar-refractivity contribution in [1.82, 2.24) is 4.90 Å². The van der Waals surface area contributed by atoms with Crippen LogP contribution in [0.5, 0.6) is 0 Å². The van der Waals surface area contributed by atoms with Crippen molar-refractivity contribution in [3.05, 3.63) is 34.6 Å². The number of primary sulfonamides is 1. The van der Waals surface area contributed by atoms with Gasteiger partial charge in [0.05, 0.1) is 5.02 Å². The number of benzene rings is 1. The minimum atomic E-state index is -3.75. The van der Waals surface area contributed by atoms with Crippen LogP contribution in [0, 0.1) is 5.82 Å². The van der Waals surface area contributed by atoms with Gasteiger partial charge in [0.2, 0.25) is 15.9 Å². The van der Waals surface area contributed by atoms with E-state index in [9.17, 15) is 17.6 Å². The molecule has 8 heteroatoms. The number of hydrogen-bond donors (Lipinski definition) is 1. The second-order valence-corrected chi connectivity index (χ2v) is 6.63. The van der Waals surface area contributed by atoms with E-state index in [-0.39, 0.29) is 30.4 Å². The highest BCUT2D eigenvalue weighted by Crippen LogP contribution is 2.24. The molecule has 2 N–H and O–H groups in total. The SMILES string of the molecule is NS(=O)(=O)C1CC(=O)N(Cc2cccc(F)c2Cl)C1. The monoisotopic (exact) mass is 306 g/mol. The number of rotatable bonds is 3. The lowest BCUT2D eigenvalue weighted by atomic mass is 10.2. The number of nitrogens with zero attached hydrogens (tertiary/aromatic N) is 1. The van der Waals surface area contributed by atoms with Crippen LogP contribution in [0.25, 0.3) is 0 Å². The summed E-state index contributed by atoms with van der Waals surface area (Å²) in [6, 6.07) is 4.28. The molecular formula is C11H12ClFN2O3S. The van der Waals surface area contributed by atoms with E-state index in [0.717, 1.165) is 0 Å². The summed E-state index contributed by atoms with van der Waals surface area (Å²) in [5.41, 5.74) is 0.435. The number of halogens is 2. The lowest BCUT2D eigenvalue weighted by Crippen LogP contribution is -2.32. The maximum atomic E-state index is 13.3. The molecule has 1 aliphatic heterocycles. The van der Waals surface area contributed by atoms with E-state index in [0.29, 0.717) is 5.56 Å². The third kappa shape index (κ3) is 3.05. The molecule has 1 atom stereocenters. The fourth-order valence-electron chi connectivity index (χ4n) is 1.99. The van der Waals surface area contributed by atoms with E-state index in [1.165, 1.54) is 17.0 Å². The Kier molecular flexibility index (Phi) is 3.80. The molecule has 0 aliphatic carbocycles. The van der Waals surface area contributed by atoms with Gasteiger partial charge in [-0.25, -0.2) is 17.9 Å². The van der Waals surface area contributed by atoms with Gasteiger partial charge in [-0.3, -0.25) is 4.79 Å². The standard InChI is InChI=1S/C11H12ClFN2O3S/c12-11-7(2-1-3-9(11)13)5-15-6-8(4-10(15)16)19(14,17)18/h1-3,8H,4-6H2,(H2,14,17,18). The van der Waals surface area contributed by atoms with E-state index >= 15 is 0 Å². The van der Waals surface area contributed by atoms with Gasteiger partial charge in [0.1, 0.15) is 11.1 Å². The summed E-state index contributed by atoms with van der Waals surface area (Å²) in [6.07, 6.45) is -0.147. The molecule has 1 unspecified atom stereocenters. The lowest BCUT2D eigenvalue weighted by molar-refractivity contribution is -0.128. The first kappa shape index (κ1) is 14.2. The maximum absolute atomic E-state index is 13.3. The van der Waals surface area contributed by atoms with Gasteiger partial charge in [-0.05, 0) is 11.6 Å². The van der Waals surface area contributed by atoms with Crippen LogP contribution < -0.4 is 5.14 Å². The van der Waals surface area contributed by atoms with Gasteiger partial charge < -0.3 is 4.90 Å². The lowest BCUT2D eigenvalue weighted by Gasteiger charge is -2.17. The van der Waals surface area contributed by atoms with Crippen molar-refractivity contribution < 1.29 is 17.6 Å². The van der Waals surface area contributed by atoms with Crippen molar-refractivity contribution >= 4 is 27.5 Å². The Morgan fingerprint density at radius 1 is 1.47 bits per heavy atom. The first-order valence-electron chi connectivity index (χ1n) is 5.51. The highest BCUT2D eigenvalue weighted by atomic mass is 35.5. The predicted octanol–water partition coefficient (Wildman–Crippen LogP) is 0.869. The molecule has 19 heavy (non-hydrogen) atoms. The van der Waals surface area contributed by atoms with Crippen molar-refractivity contribution in [2.45, 2.75) is 18.2 Å². The molecule has 0 saturated carbocycles. The molecule has 1 fully saturated rings. The summed E-state index contributed by atoms with van der Waals surface area (Å²) < 4.78 is 35.7. The van der Waals surface area contributed by atoms with Crippen LogP contribution in [0.4, 0.5) is 4.39 Å². The van der Waals surface area contributed by atoms with Gasteiger partial charge in [0.25, 0.3) is 0 Å². The number of hydrogen-bond acceptors (Lipinski definition) is 3. The molecule has 1 amide bonds. The van der Waals surface area contributed by atoms with E-state index in [2.05, 4.69) is 0 Å². The summed E-state index contributed by atoms with van der Waals surface area (Å²) in [4.78, 5) is 13.0. The van der Waals surface area contributed by atoms with Crippen molar-refractivity contribution in [3.63, 3.8) is 0 Å². The van der Waals surface area contributed by atoms with Gasteiger partial charge in [0.15, 0.2) is 0 Å². The van der Waals surface area contributed by atoms with Gasteiger partial charge in [-0.15, -0.1) is 0 Å². The van der Waals surface area contributed by atoms with Gasteiger partial charge in [-0.1, -0.05) is 23.7 Å².